The highest BCUT2D eigenvalue weighted by Crippen LogP contribution is 2.25. The first-order valence-corrected chi connectivity index (χ1v) is 10.4. The number of nitrogens with one attached hydrogen (secondary N) is 1. The number of carbonyl (C=O) groups is 1. The molecule has 0 unspecified atom stereocenters. The summed E-state index contributed by atoms with van der Waals surface area (Å²) in [6.45, 7) is 4.81. The molecule has 26 heavy (non-hydrogen) atoms. The lowest BCUT2D eigenvalue weighted by atomic mass is 10.1. The van der Waals surface area contributed by atoms with Crippen molar-refractivity contribution in [3.8, 4) is 10.6 Å². The summed E-state index contributed by atoms with van der Waals surface area (Å²) in [6.07, 6.45) is 4.77. The lowest BCUT2D eigenvalue weighted by Gasteiger charge is -2.32. The van der Waals surface area contributed by atoms with Crippen molar-refractivity contribution >= 4 is 28.6 Å². The molecule has 136 valence electrons. The van der Waals surface area contributed by atoms with Crippen LogP contribution < -0.4 is 5.32 Å². The van der Waals surface area contributed by atoms with E-state index in [0.29, 0.717) is 18.3 Å². The molecule has 0 aromatic carbocycles. The predicted octanol–water partition coefficient (Wildman–Crippen LogP) is 2.78. The minimum absolute atomic E-state index is 0.114. The Morgan fingerprint density at radius 2 is 2.31 bits per heavy atom. The number of aryl methyl sites for hydroxylation is 1. The van der Waals surface area contributed by atoms with Gasteiger partial charge in [-0.15, -0.1) is 22.7 Å². The van der Waals surface area contributed by atoms with E-state index in [4.69, 9.17) is 0 Å². The van der Waals surface area contributed by atoms with Crippen molar-refractivity contribution in [3.05, 3.63) is 45.4 Å². The lowest BCUT2D eigenvalue weighted by Crippen LogP contribution is -2.44. The van der Waals surface area contributed by atoms with Crippen molar-refractivity contribution in [2.45, 2.75) is 25.9 Å². The van der Waals surface area contributed by atoms with Gasteiger partial charge >= 0.3 is 0 Å². The van der Waals surface area contributed by atoms with E-state index in [1.807, 2.05) is 24.6 Å². The topological polar surface area (TPSA) is 63.1 Å². The van der Waals surface area contributed by atoms with Crippen LogP contribution in [0, 0.1) is 0 Å². The molecule has 1 aliphatic heterocycles. The van der Waals surface area contributed by atoms with Crippen molar-refractivity contribution < 1.29 is 4.79 Å². The Labute approximate surface area is 160 Å². The summed E-state index contributed by atoms with van der Waals surface area (Å²) in [5.41, 5.74) is 2.84. The highest BCUT2D eigenvalue weighted by Gasteiger charge is 2.22. The Morgan fingerprint density at radius 3 is 3.12 bits per heavy atom. The Morgan fingerprint density at radius 1 is 1.42 bits per heavy atom. The number of thiazole rings is 1. The summed E-state index contributed by atoms with van der Waals surface area (Å²) in [6, 6.07) is 2.51. The van der Waals surface area contributed by atoms with Crippen LogP contribution in [0.25, 0.3) is 10.6 Å². The van der Waals surface area contributed by atoms with Gasteiger partial charge < -0.3 is 5.32 Å². The summed E-state index contributed by atoms with van der Waals surface area (Å²) in [7, 11) is 1.87. The van der Waals surface area contributed by atoms with Crippen LogP contribution in [0.4, 0.5) is 0 Å². The van der Waals surface area contributed by atoms with Crippen molar-refractivity contribution in [1.82, 2.24) is 25.0 Å². The zero-order valence-corrected chi connectivity index (χ0v) is 16.4. The molecule has 0 spiro atoms. The molecule has 1 N–H and O–H groups in total. The molecule has 4 rings (SSSR count). The quantitative estimate of drug-likeness (QED) is 0.731. The zero-order valence-electron chi connectivity index (χ0n) is 14.8. The first-order valence-electron chi connectivity index (χ1n) is 8.62. The molecular weight excluding hydrogens is 366 g/mol. The number of thiophene rings is 1. The maximum absolute atomic E-state index is 12.4. The first kappa shape index (κ1) is 17.4. The standard InChI is InChI=1S/C18H21N5OS2/c1-12(23-5-3-16-13(10-23)4-6-25-16)7-19-17(24)15-11-26-18(21-15)14-8-20-22(2)9-14/h4,6,8-9,11-12H,3,5,7,10H2,1-2H3,(H,19,24)/t12-/m0/s1. The number of hydrogen-bond donors (Lipinski definition) is 1. The third kappa shape index (κ3) is 3.58. The number of carbonyl (C=O) groups excluding carboxylic acids is 1. The Bertz CT molecular complexity index is 912. The van der Waals surface area contributed by atoms with Gasteiger partial charge in [0.05, 0.1) is 6.20 Å². The number of aromatic nitrogens is 3. The number of nitrogens with zero attached hydrogens (tertiary/aromatic N) is 4. The van der Waals surface area contributed by atoms with Gasteiger partial charge in [0.1, 0.15) is 10.7 Å². The molecule has 4 heterocycles. The average Bonchev–Trinajstić information content (AvgIpc) is 3.38. The minimum Gasteiger partial charge on any atom is -0.349 e. The van der Waals surface area contributed by atoms with Crippen LogP contribution in [0.5, 0.6) is 0 Å². The molecule has 0 saturated carbocycles. The molecule has 0 fully saturated rings. The third-order valence-electron chi connectivity index (χ3n) is 4.71. The van der Waals surface area contributed by atoms with E-state index in [0.717, 1.165) is 30.1 Å². The van der Waals surface area contributed by atoms with E-state index in [2.05, 4.69) is 38.7 Å². The van der Waals surface area contributed by atoms with E-state index >= 15 is 0 Å². The van der Waals surface area contributed by atoms with Crippen molar-refractivity contribution in [3.63, 3.8) is 0 Å². The van der Waals surface area contributed by atoms with Gasteiger partial charge in [-0.25, -0.2) is 4.98 Å². The van der Waals surface area contributed by atoms with Crippen LogP contribution in [0.15, 0.2) is 29.2 Å². The SMILES string of the molecule is C[C@@H](CNC(=O)c1csc(-c2cnn(C)c2)n1)N1CCc2sccc2C1. The van der Waals surface area contributed by atoms with Gasteiger partial charge in [-0.1, -0.05) is 0 Å². The summed E-state index contributed by atoms with van der Waals surface area (Å²) in [5.74, 6) is -0.114. The fourth-order valence-corrected chi connectivity index (χ4v) is 4.81. The number of amides is 1. The van der Waals surface area contributed by atoms with E-state index in [1.165, 1.54) is 21.8 Å². The van der Waals surface area contributed by atoms with Gasteiger partial charge in [0.15, 0.2) is 0 Å². The fourth-order valence-electron chi connectivity index (χ4n) is 3.15. The van der Waals surface area contributed by atoms with Crippen LogP contribution in [0.3, 0.4) is 0 Å². The smallest absolute Gasteiger partial charge is 0.270 e. The highest BCUT2D eigenvalue weighted by atomic mass is 32.1. The van der Waals surface area contributed by atoms with Crippen LogP contribution in [-0.2, 0) is 20.0 Å². The largest absolute Gasteiger partial charge is 0.349 e. The molecule has 3 aromatic rings. The summed E-state index contributed by atoms with van der Waals surface area (Å²) in [5, 5.41) is 12.0. The van der Waals surface area contributed by atoms with E-state index < -0.39 is 0 Å². The Hall–Kier alpha value is -2.03. The van der Waals surface area contributed by atoms with Crippen molar-refractivity contribution in [1.29, 1.82) is 0 Å². The van der Waals surface area contributed by atoms with Crippen LogP contribution in [-0.4, -0.2) is 44.7 Å². The highest BCUT2D eigenvalue weighted by molar-refractivity contribution is 7.13. The van der Waals surface area contributed by atoms with Crippen molar-refractivity contribution in [2.24, 2.45) is 7.05 Å². The average molecular weight is 388 g/mol. The van der Waals surface area contributed by atoms with Gasteiger partial charge in [0, 0.05) is 54.7 Å². The van der Waals surface area contributed by atoms with Crippen LogP contribution >= 0.6 is 22.7 Å². The molecule has 0 radical (unpaired) electrons. The van der Waals surface area contributed by atoms with Crippen molar-refractivity contribution in [2.75, 3.05) is 13.1 Å². The molecule has 1 amide bonds. The third-order valence-corrected chi connectivity index (χ3v) is 6.62. The fraction of sp³-hybridized carbons (Fsp3) is 0.389. The maximum atomic E-state index is 12.4. The molecule has 6 nitrogen and oxygen atoms in total. The second kappa shape index (κ2) is 7.30. The maximum Gasteiger partial charge on any atom is 0.270 e. The normalized spacial score (nSPS) is 15.6. The Kier molecular flexibility index (Phi) is 4.88. The lowest BCUT2D eigenvalue weighted by molar-refractivity contribution is 0.0928. The summed E-state index contributed by atoms with van der Waals surface area (Å²) < 4.78 is 1.73. The molecule has 3 aromatic heterocycles. The second-order valence-electron chi connectivity index (χ2n) is 6.59. The van der Waals surface area contributed by atoms with E-state index in [9.17, 15) is 4.79 Å². The van der Waals surface area contributed by atoms with E-state index in [1.54, 1.807) is 16.3 Å². The van der Waals surface area contributed by atoms with Crippen LogP contribution in [0.1, 0.15) is 27.9 Å². The molecule has 1 aliphatic rings. The number of hydrogen-bond acceptors (Lipinski definition) is 6. The molecule has 0 bridgehead atoms. The molecule has 8 heteroatoms. The number of rotatable bonds is 5. The second-order valence-corrected chi connectivity index (χ2v) is 8.45. The van der Waals surface area contributed by atoms with Gasteiger partial charge in [0.25, 0.3) is 5.91 Å². The molecular formula is C18H21N5OS2. The summed E-state index contributed by atoms with van der Waals surface area (Å²) >= 11 is 3.31. The Balaban J connectivity index is 1.33. The van der Waals surface area contributed by atoms with Gasteiger partial charge in [-0.2, -0.15) is 5.10 Å². The van der Waals surface area contributed by atoms with Gasteiger partial charge in [0.2, 0.25) is 0 Å². The van der Waals surface area contributed by atoms with E-state index in [-0.39, 0.29) is 5.91 Å². The summed E-state index contributed by atoms with van der Waals surface area (Å²) in [4.78, 5) is 20.8. The molecule has 0 aliphatic carbocycles. The number of fused-ring (bicyclic) bond motifs is 1. The minimum atomic E-state index is -0.114. The van der Waals surface area contributed by atoms with Gasteiger partial charge in [-0.05, 0) is 30.4 Å². The predicted molar refractivity (Wildman–Crippen MR) is 105 cm³/mol. The van der Waals surface area contributed by atoms with Crippen LogP contribution in [0.2, 0.25) is 0 Å². The van der Waals surface area contributed by atoms with Gasteiger partial charge in [-0.3, -0.25) is 14.4 Å². The molecule has 0 saturated heterocycles. The first-order chi connectivity index (χ1) is 12.6. The zero-order chi connectivity index (χ0) is 18.1. The molecule has 1 atom stereocenters. The monoisotopic (exact) mass is 387 g/mol.